The first kappa shape index (κ1) is 9.78. The smallest absolute Gasteiger partial charge is 0.159 e. The Labute approximate surface area is 94.7 Å². The third kappa shape index (κ3) is 1.59. The number of aryl methyl sites for hydroxylation is 1. The Hall–Kier alpha value is -1.42. The lowest BCUT2D eigenvalue weighted by molar-refractivity contribution is 0.551. The minimum Gasteiger partial charge on any atom is -0.316 e. The second-order valence-electron chi connectivity index (χ2n) is 4.50. The molecule has 0 bridgehead atoms. The van der Waals surface area contributed by atoms with Crippen molar-refractivity contribution in [1.82, 2.24) is 19.9 Å². The van der Waals surface area contributed by atoms with Crippen LogP contribution in [-0.4, -0.2) is 27.6 Å². The van der Waals surface area contributed by atoms with Gasteiger partial charge < -0.3 is 9.88 Å². The SMILES string of the molecule is Cn1c(CC2CCNC2)nc2cccnc21. The molecule has 0 spiro atoms. The van der Waals surface area contributed by atoms with Crippen LogP contribution in [0.3, 0.4) is 0 Å². The maximum atomic E-state index is 4.65. The van der Waals surface area contributed by atoms with Gasteiger partial charge in [0.05, 0.1) is 0 Å². The summed E-state index contributed by atoms with van der Waals surface area (Å²) in [6, 6.07) is 3.97. The minimum absolute atomic E-state index is 0.732. The van der Waals surface area contributed by atoms with Gasteiger partial charge in [-0.1, -0.05) is 0 Å². The van der Waals surface area contributed by atoms with E-state index in [1.807, 2.05) is 18.3 Å². The fraction of sp³-hybridized carbons (Fsp3) is 0.500. The van der Waals surface area contributed by atoms with Crippen LogP contribution in [0.15, 0.2) is 18.3 Å². The molecule has 0 saturated carbocycles. The lowest BCUT2D eigenvalue weighted by Gasteiger charge is -2.07. The average molecular weight is 216 g/mol. The third-order valence-corrected chi connectivity index (χ3v) is 3.35. The van der Waals surface area contributed by atoms with Crippen LogP contribution < -0.4 is 5.32 Å². The van der Waals surface area contributed by atoms with Crippen LogP contribution in [0, 0.1) is 5.92 Å². The first-order valence-corrected chi connectivity index (χ1v) is 5.81. The zero-order valence-electron chi connectivity index (χ0n) is 9.48. The van der Waals surface area contributed by atoms with Crippen molar-refractivity contribution in [3.05, 3.63) is 24.2 Å². The van der Waals surface area contributed by atoms with Gasteiger partial charge in [-0.2, -0.15) is 0 Å². The maximum absolute atomic E-state index is 4.65. The first-order valence-electron chi connectivity index (χ1n) is 5.81. The number of fused-ring (bicyclic) bond motifs is 1. The number of nitrogens with zero attached hydrogens (tertiary/aromatic N) is 3. The van der Waals surface area contributed by atoms with Crippen molar-refractivity contribution >= 4 is 11.2 Å². The van der Waals surface area contributed by atoms with E-state index in [4.69, 9.17) is 0 Å². The van der Waals surface area contributed by atoms with Crippen molar-refractivity contribution in [3.8, 4) is 0 Å². The molecule has 1 saturated heterocycles. The number of hydrogen-bond acceptors (Lipinski definition) is 3. The predicted molar refractivity (Wildman–Crippen MR) is 63.2 cm³/mol. The average Bonchev–Trinajstić information content (AvgIpc) is 2.90. The molecule has 1 aliphatic rings. The quantitative estimate of drug-likeness (QED) is 0.818. The van der Waals surface area contributed by atoms with E-state index in [-0.39, 0.29) is 0 Å². The second-order valence-corrected chi connectivity index (χ2v) is 4.50. The Morgan fingerprint density at radius 2 is 2.50 bits per heavy atom. The fourth-order valence-corrected chi connectivity index (χ4v) is 2.40. The van der Waals surface area contributed by atoms with Gasteiger partial charge >= 0.3 is 0 Å². The zero-order chi connectivity index (χ0) is 11.0. The molecule has 0 aliphatic carbocycles. The highest BCUT2D eigenvalue weighted by atomic mass is 15.1. The normalized spacial score (nSPS) is 20.7. The Morgan fingerprint density at radius 1 is 1.56 bits per heavy atom. The molecule has 84 valence electrons. The van der Waals surface area contributed by atoms with Crippen molar-refractivity contribution < 1.29 is 0 Å². The van der Waals surface area contributed by atoms with Crippen LogP contribution in [0.4, 0.5) is 0 Å². The Morgan fingerprint density at radius 3 is 3.25 bits per heavy atom. The summed E-state index contributed by atoms with van der Waals surface area (Å²) in [5, 5.41) is 3.39. The van der Waals surface area contributed by atoms with Gasteiger partial charge in [-0.05, 0) is 37.6 Å². The number of hydrogen-bond donors (Lipinski definition) is 1. The monoisotopic (exact) mass is 216 g/mol. The molecule has 2 aromatic rings. The highest BCUT2D eigenvalue weighted by molar-refractivity contribution is 5.70. The zero-order valence-corrected chi connectivity index (χ0v) is 9.48. The van der Waals surface area contributed by atoms with Crippen LogP contribution in [-0.2, 0) is 13.5 Å². The van der Waals surface area contributed by atoms with E-state index in [0.29, 0.717) is 0 Å². The van der Waals surface area contributed by atoms with Crippen molar-refractivity contribution in [1.29, 1.82) is 0 Å². The topological polar surface area (TPSA) is 42.7 Å². The summed E-state index contributed by atoms with van der Waals surface area (Å²) in [4.78, 5) is 9.01. The van der Waals surface area contributed by atoms with E-state index in [0.717, 1.165) is 42.4 Å². The Kier molecular flexibility index (Phi) is 2.36. The van der Waals surface area contributed by atoms with E-state index < -0.39 is 0 Å². The lowest BCUT2D eigenvalue weighted by atomic mass is 10.1. The summed E-state index contributed by atoms with van der Waals surface area (Å²) >= 11 is 0. The van der Waals surface area contributed by atoms with Gasteiger partial charge in [0, 0.05) is 19.7 Å². The van der Waals surface area contributed by atoms with E-state index in [9.17, 15) is 0 Å². The molecular weight excluding hydrogens is 200 g/mol. The number of pyridine rings is 1. The summed E-state index contributed by atoms with van der Waals surface area (Å²) in [7, 11) is 2.06. The van der Waals surface area contributed by atoms with Gasteiger partial charge in [0.2, 0.25) is 0 Å². The van der Waals surface area contributed by atoms with Crippen LogP contribution in [0.5, 0.6) is 0 Å². The van der Waals surface area contributed by atoms with Gasteiger partial charge in [-0.15, -0.1) is 0 Å². The lowest BCUT2D eigenvalue weighted by Crippen LogP contribution is -2.12. The van der Waals surface area contributed by atoms with Gasteiger partial charge in [-0.3, -0.25) is 0 Å². The summed E-state index contributed by atoms with van der Waals surface area (Å²) in [5.74, 6) is 1.89. The summed E-state index contributed by atoms with van der Waals surface area (Å²) in [6.07, 6.45) is 4.14. The number of imidazole rings is 1. The molecule has 1 aliphatic heterocycles. The molecule has 3 rings (SSSR count). The molecule has 1 fully saturated rings. The molecular formula is C12H16N4. The van der Waals surface area contributed by atoms with Crippen molar-refractivity contribution in [2.45, 2.75) is 12.8 Å². The number of nitrogens with one attached hydrogen (secondary N) is 1. The van der Waals surface area contributed by atoms with E-state index >= 15 is 0 Å². The summed E-state index contributed by atoms with van der Waals surface area (Å²) in [6.45, 7) is 2.27. The van der Waals surface area contributed by atoms with E-state index in [1.54, 1.807) is 0 Å². The van der Waals surface area contributed by atoms with Gasteiger partial charge in [-0.25, -0.2) is 9.97 Å². The number of aromatic nitrogens is 3. The molecule has 1 atom stereocenters. The number of rotatable bonds is 2. The molecule has 3 heterocycles. The fourth-order valence-electron chi connectivity index (χ4n) is 2.40. The van der Waals surface area contributed by atoms with Crippen molar-refractivity contribution in [2.75, 3.05) is 13.1 Å². The molecule has 2 aromatic heterocycles. The first-order chi connectivity index (χ1) is 7.84. The van der Waals surface area contributed by atoms with Crippen LogP contribution >= 0.6 is 0 Å². The standard InChI is InChI=1S/C12H16N4/c1-16-11(7-9-4-6-13-8-9)15-10-3-2-5-14-12(10)16/h2-3,5,9,13H,4,6-8H2,1H3. The van der Waals surface area contributed by atoms with Gasteiger partial charge in [0.25, 0.3) is 0 Å². The molecule has 0 aromatic carbocycles. The second kappa shape index (κ2) is 3.87. The largest absolute Gasteiger partial charge is 0.316 e. The van der Waals surface area contributed by atoms with Crippen LogP contribution in [0.2, 0.25) is 0 Å². The van der Waals surface area contributed by atoms with E-state index in [1.165, 1.54) is 6.42 Å². The molecule has 16 heavy (non-hydrogen) atoms. The predicted octanol–water partition coefficient (Wildman–Crippen LogP) is 1.12. The molecule has 1 N–H and O–H groups in total. The summed E-state index contributed by atoms with van der Waals surface area (Å²) in [5.41, 5.74) is 1.99. The minimum atomic E-state index is 0.732. The summed E-state index contributed by atoms with van der Waals surface area (Å²) < 4.78 is 2.12. The molecule has 4 heteroatoms. The van der Waals surface area contributed by atoms with Crippen molar-refractivity contribution in [3.63, 3.8) is 0 Å². The van der Waals surface area contributed by atoms with Crippen LogP contribution in [0.25, 0.3) is 11.2 Å². The van der Waals surface area contributed by atoms with Gasteiger partial charge in [0.1, 0.15) is 11.3 Å². The molecule has 0 amide bonds. The molecule has 1 unspecified atom stereocenters. The highest BCUT2D eigenvalue weighted by Gasteiger charge is 2.18. The Bertz CT molecular complexity index is 497. The van der Waals surface area contributed by atoms with E-state index in [2.05, 4.69) is 26.9 Å². The highest BCUT2D eigenvalue weighted by Crippen LogP contribution is 2.17. The molecule has 0 radical (unpaired) electrons. The van der Waals surface area contributed by atoms with Crippen molar-refractivity contribution in [2.24, 2.45) is 13.0 Å². The molecule has 4 nitrogen and oxygen atoms in total. The van der Waals surface area contributed by atoms with Crippen LogP contribution in [0.1, 0.15) is 12.2 Å². The Balaban J connectivity index is 1.94. The maximum Gasteiger partial charge on any atom is 0.159 e. The van der Waals surface area contributed by atoms with Gasteiger partial charge in [0.15, 0.2) is 5.65 Å². The third-order valence-electron chi connectivity index (χ3n) is 3.35.